The molecule has 0 aliphatic rings. The predicted molar refractivity (Wildman–Crippen MR) is 53.8 cm³/mol. The fourth-order valence-corrected chi connectivity index (χ4v) is 5.24. The Morgan fingerprint density at radius 1 is 0.867 bits per heavy atom. The van der Waals surface area contributed by atoms with Crippen molar-refractivity contribution in [3.8, 4) is 0 Å². The van der Waals surface area contributed by atoms with Gasteiger partial charge in [-0.25, -0.2) is 0 Å². The van der Waals surface area contributed by atoms with Crippen molar-refractivity contribution in [2.45, 2.75) is 53.8 Å². The van der Waals surface area contributed by atoms with Gasteiger partial charge in [0.25, 0.3) is 0 Å². The Labute approximate surface area is 95.6 Å². The second-order valence-electron chi connectivity index (χ2n) is 4.06. The van der Waals surface area contributed by atoms with Gasteiger partial charge in [-0.15, -0.1) is 0 Å². The molecular weight excluding hydrogens is 232 g/mol. The Balaban J connectivity index is 5.08. The van der Waals surface area contributed by atoms with Crippen LogP contribution >= 0.6 is 0 Å². The molecule has 0 saturated heterocycles. The summed E-state index contributed by atoms with van der Waals surface area (Å²) in [4.78, 5) is 23.2. The van der Waals surface area contributed by atoms with Gasteiger partial charge in [0, 0.05) is 0 Å². The first kappa shape index (κ1) is 15.0. The molecular formula is C10H20O4Ti. The van der Waals surface area contributed by atoms with Gasteiger partial charge in [0.15, 0.2) is 0 Å². The Morgan fingerprint density at radius 3 is 1.27 bits per heavy atom. The molecule has 0 radical (unpaired) electrons. The molecule has 0 aromatic heterocycles. The first-order chi connectivity index (χ1) is 6.72. The van der Waals surface area contributed by atoms with E-state index in [1.165, 1.54) is 13.8 Å². The number of hydrogen-bond acceptors (Lipinski definition) is 4. The summed E-state index contributed by atoms with van der Waals surface area (Å²) in [6.07, 6.45) is -0.340. The molecule has 0 aliphatic carbocycles. The van der Waals surface area contributed by atoms with E-state index in [1.54, 1.807) is 27.7 Å². The summed E-state index contributed by atoms with van der Waals surface area (Å²) in [5.41, 5.74) is 0. The molecule has 0 N–H and O–H groups in total. The zero-order valence-electron chi connectivity index (χ0n) is 10.3. The van der Waals surface area contributed by atoms with E-state index in [4.69, 9.17) is 6.64 Å². The quantitative estimate of drug-likeness (QED) is 0.677. The molecule has 5 heteroatoms. The Morgan fingerprint density at radius 2 is 1.13 bits per heavy atom. The van der Waals surface area contributed by atoms with Crippen LogP contribution in [-0.2, 0) is 33.6 Å². The molecule has 0 aromatic rings. The van der Waals surface area contributed by atoms with Gasteiger partial charge in [0.1, 0.15) is 0 Å². The van der Waals surface area contributed by atoms with Crippen molar-refractivity contribution < 1.29 is 33.6 Å². The van der Waals surface area contributed by atoms with Crippen molar-refractivity contribution in [1.29, 1.82) is 0 Å². The van der Waals surface area contributed by atoms with Crippen LogP contribution in [0.15, 0.2) is 0 Å². The van der Waals surface area contributed by atoms with Crippen LogP contribution in [0.3, 0.4) is 0 Å². The maximum atomic E-state index is 11.6. The zero-order chi connectivity index (χ0) is 12.2. The van der Waals surface area contributed by atoms with Gasteiger partial charge in [-0.3, -0.25) is 0 Å². The normalized spacial score (nSPS) is 12.3. The molecule has 0 fully saturated rings. The Hall–Kier alpha value is -0.0257. The number of hydrogen-bond donors (Lipinski definition) is 0. The summed E-state index contributed by atoms with van der Waals surface area (Å²) < 4.78 is 10.6. The third kappa shape index (κ3) is 4.15. The molecule has 0 aromatic carbocycles. The molecule has 15 heavy (non-hydrogen) atoms. The SMILES string of the molecule is C[C](=O)[Ti]([O]C(C)C)([O]C(C)C)[C](C)=O. The van der Waals surface area contributed by atoms with E-state index in [1.807, 2.05) is 0 Å². The third-order valence-electron chi connectivity index (χ3n) is 1.73. The van der Waals surface area contributed by atoms with E-state index in [9.17, 15) is 9.59 Å². The van der Waals surface area contributed by atoms with Gasteiger partial charge in [-0.05, 0) is 0 Å². The van der Waals surface area contributed by atoms with Gasteiger partial charge in [0.2, 0.25) is 0 Å². The van der Waals surface area contributed by atoms with Crippen LogP contribution in [0.25, 0.3) is 0 Å². The number of carbonyl (C=O) groups is 2. The van der Waals surface area contributed by atoms with Gasteiger partial charge >= 0.3 is 95.5 Å². The second-order valence-corrected chi connectivity index (χ2v) is 8.92. The van der Waals surface area contributed by atoms with Crippen LogP contribution in [0.4, 0.5) is 0 Å². The molecule has 4 nitrogen and oxygen atoms in total. The minimum atomic E-state index is -3.92. The van der Waals surface area contributed by atoms with Gasteiger partial charge in [0.05, 0.1) is 0 Å². The van der Waals surface area contributed by atoms with Crippen molar-refractivity contribution in [2.75, 3.05) is 0 Å². The third-order valence-corrected chi connectivity index (χ3v) is 7.13. The average molecular weight is 252 g/mol. The van der Waals surface area contributed by atoms with Crippen LogP contribution in [0.1, 0.15) is 41.5 Å². The molecule has 88 valence electrons. The van der Waals surface area contributed by atoms with E-state index in [0.717, 1.165) is 0 Å². The minimum absolute atomic E-state index is 0.170. The summed E-state index contributed by atoms with van der Waals surface area (Å²) in [5, 5.41) is 0. The standard InChI is InChI=1S/2C3H7O.2C2H3O.Ti/c2*1-3(2)4;2*1-2-3;/h2*3H,1-2H3;2*1H3;/q2*-1;;;+2. The summed E-state index contributed by atoms with van der Waals surface area (Å²) in [6.45, 7) is 9.97. The van der Waals surface area contributed by atoms with E-state index in [2.05, 4.69) is 0 Å². The molecule has 0 aliphatic heterocycles. The summed E-state index contributed by atoms with van der Waals surface area (Å²) in [5.74, 6) is 0. The molecule has 0 rings (SSSR count). The monoisotopic (exact) mass is 252 g/mol. The van der Waals surface area contributed by atoms with Crippen LogP contribution < -0.4 is 0 Å². The first-order valence-corrected chi connectivity index (χ1v) is 7.93. The van der Waals surface area contributed by atoms with Crippen LogP contribution in [0.5, 0.6) is 0 Å². The Kier molecular flexibility index (Phi) is 5.89. The first-order valence-electron chi connectivity index (χ1n) is 5.10. The number of rotatable bonds is 6. The van der Waals surface area contributed by atoms with Crippen molar-refractivity contribution in [1.82, 2.24) is 0 Å². The molecule has 0 amide bonds. The van der Waals surface area contributed by atoms with E-state index < -0.39 is 17.4 Å². The molecule has 0 heterocycles. The molecule has 0 bridgehead atoms. The summed E-state index contributed by atoms with van der Waals surface area (Å²) in [7, 11) is 0. The summed E-state index contributed by atoms with van der Waals surface area (Å²) >= 11 is -3.92. The topological polar surface area (TPSA) is 52.6 Å². The Bertz CT molecular complexity index is 222. The number of carbonyl (C=O) groups excluding carboxylic acids is 2. The molecule has 0 unspecified atom stereocenters. The average Bonchev–Trinajstić information content (AvgIpc) is 1.99. The fourth-order valence-electron chi connectivity index (χ4n) is 1.27. The van der Waals surface area contributed by atoms with Crippen molar-refractivity contribution in [2.24, 2.45) is 0 Å². The van der Waals surface area contributed by atoms with Crippen LogP contribution in [-0.4, -0.2) is 20.4 Å². The van der Waals surface area contributed by atoms with Gasteiger partial charge in [-0.2, -0.15) is 0 Å². The predicted octanol–water partition coefficient (Wildman–Crippen LogP) is 1.91. The van der Waals surface area contributed by atoms with E-state index in [0.29, 0.717) is 0 Å². The summed E-state index contributed by atoms with van der Waals surface area (Å²) in [6, 6.07) is 0. The molecule has 0 spiro atoms. The van der Waals surface area contributed by atoms with Crippen molar-refractivity contribution in [3.63, 3.8) is 0 Å². The maximum absolute atomic E-state index is 11.6. The van der Waals surface area contributed by atoms with Crippen LogP contribution in [0.2, 0.25) is 0 Å². The van der Waals surface area contributed by atoms with Crippen molar-refractivity contribution in [3.05, 3.63) is 0 Å². The van der Waals surface area contributed by atoms with E-state index in [-0.39, 0.29) is 20.4 Å². The zero-order valence-corrected chi connectivity index (χ0v) is 11.8. The van der Waals surface area contributed by atoms with E-state index >= 15 is 0 Å². The van der Waals surface area contributed by atoms with Crippen molar-refractivity contribution >= 4 is 8.18 Å². The van der Waals surface area contributed by atoms with Gasteiger partial charge < -0.3 is 0 Å². The van der Waals surface area contributed by atoms with Crippen LogP contribution in [0, 0.1) is 0 Å². The molecule has 0 saturated carbocycles. The fraction of sp³-hybridized carbons (Fsp3) is 0.800. The second kappa shape index (κ2) is 5.90. The van der Waals surface area contributed by atoms with Gasteiger partial charge in [-0.1, -0.05) is 0 Å². The molecule has 0 atom stereocenters.